The molecule has 2 aromatic carbocycles. The highest BCUT2D eigenvalue weighted by Crippen LogP contribution is 2.39. The lowest BCUT2D eigenvalue weighted by atomic mass is 9.82. The lowest BCUT2D eigenvalue weighted by molar-refractivity contribution is -0.127. The van der Waals surface area contributed by atoms with Crippen molar-refractivity contribution in [3.63, 3.8) is 0 Å². The monoisotopic (exact) mass is 455 g/mol. The van der Waals surface area contributed by atoms with Crippen LogP contribution in [0.2, 0.25) is 0 Å². The number of nitrogens with one attached hydrogen (secondary N) is 2. The molecular formula is C28H33N5O. The van der Waals surface area contributed by atoms with Gasteiger partial charge in [0.15, 0.2) is 0 Å². The van der Waals surface area contributed by atoms with Crippen LogP contribution in [0, 0.1) is 5.92 Å². The number of para-hydroxylation sites is 2. The Kier molecular flexibility index (Phi) is 5.81. The second kappa shape index (κ2) is 9.24. The number of imidazole rings is 2. The third kappa shape index (κ3) is 3.99. The predicted octanol–water partition coefficient (Wildman–Crippen LogP) is 6.15. The number of amides is 1. The molecule has 2 N–H and O–H groups in total. The number of carbonyl (C=O) groups is 1. The van der Waals surface area contributed by atoms with Crippen molar-refractivity contribution in [3.8, 4) is 11.4 Å². The average molecular weight is 456 g/mol. The molecule has 6 rings (SSSR count). The van der Waals surface area contributed by atoms with Crippen LogP contribution >= 0.6 is 0 Å². The molecule has 2 heterocycles. The number of carbonyl (C=O) groups excluding carboxylic acids is 1. The van der Waals surface area contributed by atoms with E-state index in [4.69, 9.17) is 4.98 Å². The Morgan fingerprint density at radius 3 is 2.53 bits per heavy atom. The Labute approximate surface area is 200 Å². The second-order valence-corrected chi connectivity index (χ2v) is 10.1. The summed E-state index contributed by atoms with van der Waals surface area (Å²) in [7, 11) is 0. The maximum atomic E-state index is 14.0. The molecule has 1 unspecified atom stereocenters. The number of aromatic amines is 1. The molecule has 6 heteroatoms. The van der Waals surface area contributed by atoms with Crippen molar-refractivity contribution in [1.82, 2.24) is 24.8 Å². The van der Waals surface area contributed by atoms with Crippen molar-refractivity contribution in [1.29, 1.82) is 0 Å². The molecule has 176 valence electrons. The third-order valence-corrected chi connectivity index (χ3v) is 7.87. The molecule has 0 saturated heterocycles. The highest BCUT2D eigenvalue weighted by molar-refractivity contribution is 5.89. The van der Waals surface area contributed by atoms with Crippen molar-refractivity contribution in [2.45, 2.75) is 76.3 Å². The summed E-state index contributed by atoms with van der Waals surface area (Å²) in [5.41, 5.74) is 4.91. The highest BCUT2D eigenvalue weighted by atomic mass is 16.2. The quantitative estimate of drug-likeness (QED) is 0.379. The summed E-state index contributed by atoms with van der Waals surface area (Å²) in [5.74, 6) is 1.36. The van der Waals surface area contributed by atoms with Crippen LogP contribution in [0.5, 0.6) is 0 Å². The van der Waals surface area contributed by atoms with Crippen molar-refractivity contribution >= 4 is 28.0 Å². The molecule has 2 aromatic heterocycles. The van der Waals surface area contributed by atoms with E-state index in [9.17, 15) is 4.79 Å². The van der Waals surface area contributed by atoms with E-state index in [0.29, 0.717) is 12.0 Å². The van der Waals surface area contributed by atoms with E-state index in [2.05, 4.69) is 50.2 Å². The smallest absolute Gasteiger partial charge is 0.243 e. The normalized spacial score (nSPS) is 18.9. The van der Waals surface area contributed by atoms with Gasteiger partial charge in [-0.25, -0.2) is 9.97 Å². The zero-order chi connectivity index (χ0) is 22.9. The maximum Gasteiger partial charge on any atom is 0.243 e. The van der Waals surface area contributed by atoms with Gasteiger partial charge >= 0.3 is 0 Å². The molecule has 0 bridgehead atoms. The molecule has 2 aliphatic rings. The number of fused-ring (bicyclic) bond motifs is 2. The fourth-order valence-electron chi connectivity index (χ4n) is 6.13. The van der Waals surface area contributed by atoms with E-state index < -0.39 is 0 Å². The molecule has 0 aliphatic heterocycles. The predicted molar refractivity (Wildman–Crippen MR) is 135 cm³/mol. The molecule has 2 aliphatic carbocycles. The number of H-pyrrole nitrogens is 1. The summed E-state index contributed by atoms with van der Waals surface area (Å²) in [6.07, 6.45) is 13.5. The minimum absolute atomic E-state index is 0.172. The molecule has 1 atom stereocenters. The summed E-state index contributed by atoms with van der Waals surface area (Å²) >= 11 is 0. The summed E-state index contributed by atoms with van der Waals surface area (Å²) in [5, 5.41) is 3.47. The molecule has 2 saturated carbocycles. The number of nitrogens with zero attached hydrogens (tertiary/aromatic N) is 3. The van der Waals surface area contributed by atoms with Gasteiger partial charge in [-0.05, 0) is 61.9 Å². The van der Waals surface area contributed by atoms with Crippen molar-refractivity contribution in [3.05, 3.63) is 48.8 Å². The molecule has 6 nitrogen and oxygen atoms in total. The lowest BCUT2D eigenvalue weighted by Crippen LogP contribution is -2.43. The standard InChI is InChI=1S/C28H33N5O/c34-28(31-21-11-5-2-6-12-21)26(19-9-3-1-4-10-19)33-25-14-8-7-13-23(25)32-27(33)20-15-16-22-24(17-20)30-18-29-22/h7-8,13-19,21,26H,1-6,9-12H2,(H,29,30)(H,31,34). The van der Waals surface area contributed by atoms with E-state index in [1.165, 1.54) is 38.5 Å². The summed E-state index contributed by atoms with van der Waals surface area (Å²) in [6.45, 7) is 0. The van der Waals surface area contributed by atoms with Gasteiger partial charge in [-0.3, -0.25) is 4.79 Å². The SMILES string of the molecule is O=C(NC1CCCCC1)C(C1CCCCC1)n1c(-c2ccc3nc[nH]c3c2)nc2ccccc21. The van der Waals surface area contributed by atoms with Gasteiger partial charge in [-0.2, -0.15) is 0 Å². The zero-order valence-electron chi connectivity index (χ0n) is 19.7. The Morgan fingerprint density at radius 2 is 1.71 bits per heavy atom. The van der Waals surface area contributed by atoms with Crippen LogP contribution in [0.1, 0.15) is 70.3 Å². The summed E-state index contributed by atoms with van der Waals surface area (Å²) in [6, 6.07) is 14.5. The first-order valence-corrected chi connectivity index (χ1v) is 13.0. The van der Waals surface area contributed by atoms with Crippen LogP contribution in [0.15, 0.2) is 48.8 Å². The topological polar surface area (TPSA) is 75.6 Å². The molecule has 1 amide bonds. The van der Waals surface area contributed by atoms with Crippen LogP contribution in [0.3, 0.4) is 0 Å². The molecule has 4 aromatic rings. The van der Waals surface area contributed by atoms with Crippen LogP contribution in [-0.4, -0.2) is 31.5 Å². The molecule has 0 radical (unpaired) electrons. The van der Waals surface area contributed by atoms with Crippen LogP contribution in [0.25, 0.3) is 33.5 Å². The van der Waals surface area contributed by atoms with Gasteiger partial charge in [0, 0.05) is 11.6 Å². The highest BCUT2D eigenvalue weighted by Gasteiger charge is 2.35. The summed E-state index contributed by atoms with van der Waals surface area (Å²) < 4.78 is 2.25. The Morgan fingerprint density at radius 1 is 0.941 bits per heavy atom. The van der Waals surface area contributed by atoms with Gasteiger partial charge in [-0.1, -0.05) is 50.7 Å². The van der Waals surface area contributed by atoms with Gasteiger partial charge in [-0.15, -0.1) is 0 Å². The number of hydrogen-bond acceptors (Lipinski definition) is 3. The summed E-state index contributed by atoms with van der Waals surface area (Å²) in [4.78, 5) is 26.7. The molecule has 2 fully saturated rings. The van der Waals surface area contributed by atoms with Crippen LogP contribution < -0.4 is 5.32 Å². The second-order valence-electron chi connectivity index (χ2n) is 10.1. The third-order valence-electron chi connectivity index (χ3n) is 7.87. The van der Waals surface area contributed by atoms with Crippen molar-refractivity contribution in [2.75, 3.05) is 0 Å². The van der Waals surface area contributed by atoms with Gasteiger partial charge in [0.05, 0.1) is 28.4 Å². The van der Waals surface area contributed by atoms with Gasteiger partial charge < -0.3 is 14.9 Å². The van der Waals surface area contributed by atoms with Crippen LogP contribution in [-0.2, 0) is 4.79 Å². The fraction of sp³-hybridized carbons (Fsp3) is 0.464. The fourth-order valence-corrected chi connectivity index (χ4v) is 6.13. The van der Waals surface area contributed by atoms with E-state index >= 15 is 0 Å². The maximum absolute atomic E-state index is 14.0. The number of aromatic nitrogens is 4. The van der Waals surface area contributed by atoms with Crippen LogP contribution in [0.4, 0.5) is 0 Å². The number of rotatable bonds is 5. The first-order valence-electron chi connectivity index (χ1n) is 13.0. The first-order chi connectivity index (χ1) is 16.8. The largest absolute Gasteiger partial charge is 0.352 e. The van der Waals surface area contributed by atoms with Gasteiger partial charge in [0.1, 0.15) is 11.9 Å². The van der Waals surface area contributed by atoms with E-state index in [1.54, 1.807) is 6.33 Å². The number of benzene rings is 2. The van der Waals surface area contributed by atoms with E-state index in [1.807, 2.05) is 12.1 Å². The first kappa shape index (κ1) is 21.4. The molecule has 34 heavy (non-hydrogen) atoms. The Hall–Kier alpha value is -3.15. The zero-order valence-corrected chi connectivity index (χ0v) is 19.7. The Balaban J connectivity index is 1.48. The van der Waals surface area contributed by atoms with Gasteiger partial charge in [0.2, 0.25) is 5.91 Å². The van der Waals surface area contributed by atoms with Gasteiger partial charge in [0.25, 0.3) is 0 Å². The average Bonchev–Trinajstić information content (AvgIpc) is 3.50. The number of hydrogen-bond donors (Lipinski definition) is 2. The molecular weight excluding hydrogens is 422 g/mol. The Bertz CT molecular complexity index is 1290. The van der Waals surface area contributed by atoms with E-state index in [0.717, 1.165) is 59.1 Å². The van der Waals surface area contributed by atoms with Crippen molar-refractivity contribution < 1.29 is 4.79 Å². The van der Waals surface area contributed by atoms with E-state index in [-0.39, 0.29) is 11.9 Å². The van der Waals surface area contributed by atoms with Crippen molar-refractivity contribution in [2.24, 2.45) is 5.92 Å². The lowest BCUT2D eigenvalue weighted by Gasteiger charge is -2.33. The minimum atomic E-state index is -0.248. The molecule has 0 spiro atoms. The minimum Gasteiger partial charge on any atom is -0.352 e.